The van der Waals surface area contributed by atoms with E-state index < -0.39 is 38.1 Å². The van der Waals surface area contributed by atoms with Crippen LogP contribution in [-0.2, 0) is 24.1 Å². The third-order valence-corrected chi connectivity index (χ3v) is 8.19. The molecule has 0 aliphatic heterocycles. The smallest absolute Gasteiger partial charge is 0.308 e. The molecule has 28 heavy (non-hydrogen) atoms. The predicted molar refractivity (Wildman–Crippen MR) is 101 cm³/mol. The fourth-order valence-electron chi connectivity index (χ4n) is 3.86. The zero-order valence-corrected chi connectivity index (χ0v) is 16.7. The van der Waals surface area contributed by atoms with Crippen LogP contribution >= 0.6 is 11.6 Å². The largest absolute Gasteiger partial charge is 0.469 e. The number of ether oxygens (including phenoxy) is 1. The van der Waals surface area contributed by atoms with Gasteiger partial charge in [0.15, 0.2) is 9.84 Å². The van der Waals surface area contributed by atoms with Crippen molar-refractivity contribution in [2.75, 3.05) is 7.11 Å². The molecule has 8 heteroatoms. The SMILES string of the molecule is COC(=O)[C@H]1CC[C@](c2cc(F)ccc2F)(S(=O)(=O)c2ccc(Cl)cc2)CC1. The Kier molecular flexibility index (Phi) is 5.77. The Morgan fingerprint density at radius 1 is 1.11 bits per heavy atom. The summed E-state index contributed by atoms with van der Waals surface area (Å²) in [7, 11) is -2.84. The Labute approximate surface area is 167 Å². The Bertz CT molecular complexity index is 982. The van der Waals surface area contributed by atoms with Crippen LogP contribution in [0.3, 0.4) is 0 Å². The number of carbonyl (C=O) groups excluding carboxylic acids is 1. The Morgan fingerprint density at radius 2 is 1.71 bits per heavy atom. The summed E-state index contributed by atoms with van der Waals surface area (Å²) >= 11 is 5.86. The van der Waals surface area contributed by atoms with E-state index in [4.69, 9.17) is 16.3 Å². The van der Waals surface area contributed by atoms with E-state index >= 15 is 0 Å². The maximum absolute atomic E-state index is 14.7. The molecule has 150 valence electrons. The van der Waals surface area contributed by atoms with Gasteiger partial charge in [-0.05, 0) is 68.1 Å². The number of halogens is 3. The summed E-state index contributed by atoms with van der Waals surface area (Å²) in [6, 6.07) is 8.37. The van der Waals surface area contributed by atoms with Crippen molar-refractivity contribution in [3.05, 3.63) is 64.7 Å². The molecule has 2 aromatic carbocycles. The highest BCUT2D eigenvalue weighted by atomic mass is 35.5. The third-order valence-electron chi connectivity index (χ3n) is 5.39. The van der Waals surface area contributed by atoms with Gasteiger partial charge in [-0.1, -0.05) is 11.6 Å². The van der Waals surface area contributed by atoms with Gasteiger partial charge in [0, 0.05) is 10.6 Å². The zero-order chi connectivity index (χ0) is 20.5. The lowest BCUT2D eigenvalue weighted by Gasteiger charge is -2.39. The van der Waals surface area contributed by atoms with Gasteiger partial charge in [-0.25, -0.2) is 17.2 Å². The van der Waals surface area contributed by atoms with Crippen LogP contribution in [0.25, 0.3) is 0 Å². The first-order chi connectivity index (χ1) is 13.2. The van der Waals surface area contributed by atoms with Crippen LogP contribution in [0.1, 0.15) is 31.2 Å². The summed E-state index contributed by atoms with van der Waals surface area (Å²) in [6.45, 7) is 0. The number of hydrogen-bond donors (Lipinski definition) is 0. The lowest BCUT2D eigenvalue weighted by Crippen LogP contribution is -2.42. The number of esters is 1. The van der Waals surface area contributed by atoms with Crippen LogP contribution in [0.4, 0.5) is 8.78 Å². The standard InChI is InChI=1S/C20H19ClF2O4S/c1-27-19(24)13-8-10-20(11-9-13,17-12-15(22)4-7-18(17)23)28(25,26)16-5-2-14(21)3-6-16/h2-7,12-13H,8-11H2,1H3/t13-,20-. The van der Waals surface area contributed by atoms with Crippen molar-refractivity contribution in [1.29, 1.82) is 0 Å². The molecule has 0 bridgehead atoms. The van der Waals surface area contributed by atoms with Crippen LogP contribution in [0.5, 0.6) is 0 Å². The molecular formula is C20H19ClF2O4S. The molecule has 2 aromatic rings. The van der Waals surface area contributed by atoms with Gasteiger partial charge < -0.3 is 4.74 Å². The average Bonchev–Trinajstić information content (AvgIpc) is 2.69. The summed E-state index contributed by atoms with van der Waals surface area (Å²) in [5.74, 6) is -2.43. The molecule has 1 fully saturated rings. The van der Waals surface area contributed by atoms with Gasteiger partial charge in [-0.2, -0.15) is 0 Å². The van der Waals surface area contributed by atoms with Gasteiger partial charge in [0.25, 0.3) is 0 Å². The molecule has 0 unspecified atom stereocenters. The first-order valence-electron chi connectivity index (χ1n) is 8.75. The van der Waals surface area contributed by atoms with Gasteiger partial charge in [-0.15, -0.1) is 0 Å². The predicted octanol–water partition coefficient (Wildman–Crippen LogP) is 4.65. The molecule has 0 saturated heterocycles. The summed E-state index contributed by atoms with van der Waals surface area (Å²) < 4.78 is 58.8. The van der Waals surface area contributed by atoms with Crippen molar-refractivity contribution >= 4 is 27.4 Å². The normalized spacial score (nSPS) is 22.6. The molecule has 0 spiro atoms. The number of rotatable bonds is 4. The summed E-state index contributed by atoms with van der Waals surface area (Å²) in [5, 5.41) is 0.360. The van der Waals surface area contributed by atoms with Gasteiger partial charge >= 0.3 is 5.97 Å². The molecule has 1 aliphatic rings. The number of sulfone groups is 1. The highest BCUT2D eigenvalue weighted by Gasteiger charge is 2.51. The second-order valence-corrected chi connectivity index (χ2v) is 9.57. The topological polar surface area (TPSA) is 60.4 Å². The zero-order valence-electron chi connectivity index (χ0n) is 15.1. The molecule has 4 nitrogen and oxygen atoms in total. The first kappa shape index (κ1) is 20.7. The van der Waals surface area contributed by atoms with E-state index in [2.05, 4.69) is 0 Å². The van der Waals surface area contributed by atoms with E-state index in [0.29, 0.717) is 5.02 Å². The second-order valence-electron chi connectivity index (χ2n) is 6.87. The fraction of sp³-hybridized carbons (Fsp3) is 0.350. The molecule has 3 rings (SSSR count). The quantitative estimate of drug-likeness (QED) is 0.665. The average molecular weight is 429 g/mol. The highest BCUT2D eigenvalue weighted by molar-refractivity contribution is 7.92. The Hall–Kier alpha value is -1.99. The molecule has 1 aliphatic carbocycles. The number of carbonyl (C=O) groups is 1. The Balaban J connectivity index is 2.14. The lowest BCUT2D eigenvalue weighted by atomic mass is 9.77. The van der Waals surface area contributed by atoms with Crippen molar-refractivity contribution < 1.29 is 26.7 Å². The van der Waals surface area contributed by atoms with Gasteiger partial charge in [0.2, 0.25) is 0 Å². The third kappa shape index (κ3) is 3.53. The van der Waals surface area contributed by atoms with Crippen LogP contribution in [0.2, 0.25) is 5.02 Å². The summed E-state index contributed by atoms with van der Waals surface area (Å²) in [6.07, 6.45) is 0.321. The van der Waals surface area contributed by atoms with E-state index in [9.17, 15) is 22.0 Å². The molecule has 0 radical (unpaired) electrons. The number of methoxy groups -OCH3 is 1. The monoisotopic (exact) mass is 428 g/mol. The molecule has 0 amide bonds. The minimum atomic E-state index is -4.11. The van der Waals surface area contributed by atoms with Crippen molar-refractivity contribution in [2.45, 2.75) is 35.3 Å². The fourth-order valence-corrected chi connectivity index (χ4v) is 6.15. The van der Waals surface area contributed by atoms with Crippen LogP contribution < -0.4 is 0 Å². The maximum Gasteiger partial charge on any atom is 0.308 e. The van der Waals surface area contributed by atoms with Crippen molar-refractivity contribution in [3.8, 4) is 0 Å². The highest BCUT2D eigenvalue weighted by Crippen LogP contribution is 2.49. The molecule has 0 aromatic heterocycles. The minimum Gasteiger partial charge on any atom is -0.469 e. The van der Waals surface area contributed by atoms with E-state index in [1.165, 1.54) is 31.4 Å². The summed E-state index contributed by atoms with van der Waals surface area (Å²) in [4.78, 5) is 11.8. The molecular weight excluding hydrogens is 410 g/mol. The van der Waals surface area contributed by atoms with Crippen molar-refractivity contribution in [3.63, 3.8) is 0 Å². The summed E-state index contributed by atoms with van der Waals surface area (Å²) in [5.41, 5.74) is -0.217. The second kappa shape index (κ2) is 7.79. The number of hydrogen-bond acceptors (Lipinski definition) is 4. The lowest BCUT2D eigenvalue weighted by molar-refractivity contribution is -0.146. The van der Waals surface area contributed by atoms with Crippen molar-refractivity contribution in [1.82, 2.24) is 0 Å². The van der Waals surface area contributed by atoms with Crippen molar-refractivity contribution in [2.24, 2.45) is 5.92 Å². The van der Waals surface area contributed by atoms with E-state index in [-0.39, 0.29) is 36.1 Å². The minimum absolute atomic E-state index is 0.0297. The van der Waals surface area contributed by atoms with E-state index in [0.717, 1.165) is 18.2 Å². The first-order valence-corrected chi connectivity index (χ1v) is 10.6. The number of benzene rings is 2. The van der Waals surface area contributed by atoms with Gasteiger partial charge in [0.05, 0.1) is 17.9 Å². The van der Waals surface area contributed by atoms with Gasteiger partial charge in [0.1, 0.15) is 16.4 Å². The van der Waals surface area contributed by atoms with E-state index in [1.807, 2.05) is 0 Å². The van der Waals surface area contributed by atoms with Crippen LogP contribution in [-0.4, -0.2) is 21.5 Å². The molecule has 0 heterocycles. The molecule has 0 N–H and O–H groups in total. The maximum atomic E-state index is 14.7. The van der Waals surface area contributed by atoms with E-state index in [1.54, 1.807) is 0 Å². The molecule has 1 saturated carbocycles. The Morgan fingerprint density at radius 3 is 2.29 bits per heavy atom. The molecule has 0 atom stereocenters. The van der Waals surface area contributed by atoms with Crippen LogP contribution in [0, 0.1) is 17.6 Å². The van der Waals surface area contributed by atoms with Crippen LogP contribution in [0.15, 0.2) is 47.4 Å². The van der Waals surface area contributed by atoms with Gasteiger partial charge in [-0.3, -0.25) is 4.79 Å².